The standard InChI is InChI=1S/C23H26N4O2S/c1-16-25-26-22(27(16)14-17-8-6-5-7-9-17)30-15-20(28)18-10-12-19(13-11-18)24-21(29)23(2,3)4/h5-13H,14-15H2,1-4H3,(H,24,29). The Bertz CT molecular complexity index is 1020. The lowest BCUT2D eigenvalue weighted by Crippen LogP contribution is -2.27. The molecular weight excluding hydrogens is 396 g/mol. The summed E-state index contributed by atoms with van der Waals surface area (Å²) < 4.78 is 2.01. The van der Waals surface area contributed by atoms with E-state index in [-0.39, 0.29) is 17.4 Å². The predicted molar refractivity (Wildman–Crippen MR) is 120 cm³/mol. The van der Waals surface area contributed by atoms with Crippen molar-refractivity contribution in [2.75, 3.05) is 11.1 Å². The molecule has 30 heavy (non-hydrogen) atoms. The van der Waals surface area contributed by atoms with Gasteiger partial charge in [-0.3, -0.25) is 9.59 Å². The highest BCUT2D eigenvalue weighted by Gasteiger charge is 2.21. The van der Waals surface area contributed by atoms with Gasteiger partial charge in [-0.05, 0) is 36.8 Å². The largest absolute Gasteiger partial charge is 0.326 e. The van der Waals surface area contributed by atoms with Crippen molar-refractivity contribution in [2.45, 2.75) is 39.4 Å². The summed E-state index contributed by atoms with van der Waals surface area (Å²) in [5.41, 5.74) is 1.96. The van der Waals surface area contributed by atoms with Crippen molar-refractivity contribution in [1.29, 1.82) is 0 Å². The fourth-order valence-electron chi connectivity index (χ4n) is 2.69. The van der Waals surface area contributed by atoms with Gasteiger partial charge >= 0.3 is 0 Å². The smallest absolute Gasteiger partial charge is 0.229 e. The van der Waals surface area contributed by atoms with Crippen LogP contribution in [0.1, 0.15) is 42.5 Å². The number of aromatic nitrogens is 3. The summed E-state index contributed by atoms with van der Waals surface area (Å²) in [5.74, 6) is 1.01. The second-order valence-electron chi connectivity index (χ2n) is 8.09. The molecule has 1 heterocycles. The molecule has 0 saturated carbocycles. The zero-order valence-corrected chi connectivity index (χ0v) is 18.5. The van der Waals surface area contributed by atoms with Crippen LogP contribution in [0.5, 0.6) is 0 Å². The molecule has 6 nitrogen and oxygen atoms in total. The van der Waals surface area contributed by atoms with Gasteiger partial charge in [0.15, 0.2) is 10.9 Å². The Balaban J connectivity index is 1.62. The number of aryl methyl sites for hydroxylation is 1. The van der Waals surface area contributed by atoms with E-state index < -0.39 is 5.41 Å². The maximum Gasteiger partial charge on any atom is 0.229 e. The minimum Gasteiger partial charge on any atom is -0.326 e. The van der Waals surface area contributed by atoms with E-state index in [1.54, 1.807) is 24.3 Å². The maximum atomic E-state index is 12.6. The number of Topliss-reactive ketones (excluding diaryl/α,β-unsaturated/α-hetero) is 1. The molecule has 0 fully saturated rings. The molecule has 1 amide bonds. The summed E-state index contributed by atoms with van der Waals surface area (Å²) in [4.78, 5) is 24.7. The minimum atomic E-state index is -0.473. The monoisotopic (exact) mass is 422 g/mol. The number of nitrogens with one attached hydrogen (secondary N) is 1. The van der Waals surface area contributed by atoms with Crippen LogP contribution in [0.2, 0.25) is 0 Å². The number of anilines is 1. The van der Waals surface area contributed by atoms with Crippen LogP contribution in [0.3, 0.4) is 0 Å². The number of carbonyl (C=O) groups is 2. The Kier molecular flexibility index (Phi) is 6.72. The van der Waals surface area contributed by atoms with Crippen LogP contribution in [-0.2, 0) is 11.3 Å². The van der Waals surface area contributed by atoms with Crippen molar-refractivity contribution in [1.82, 2.24) is 14.8 Å². The summed E-state index contributed by atoms with van der Waals surface area (Å²) in [6, 6.07) is 17.1. The van der Waals surface area contributed by atoms with Crippen molar-refractivity contribution in [3.63, 3.8) is 0 Å². The summed E-state index contributed by atoms with van der Waals surface area (Å²) in [6.07, 6.45) is 0. The summed E-state index contributed by atoms with van der Waals surface area (Å²) >= 11 is 1.38. The predicted octanol–water partition coefficient (Wildman–Crippen LogP) is 4.59. The first-order chi connectivity index (χ1) is 14.2. The molecule has 0 spiro atoms. The molecule has 7 heteroatoms. The SMILES string of the molecule is Cc1nnc(SCC(=O)c2ccc(NC(=O)C(C)(C)C)cc2)n1Cc1ccccc1. The zero-order chi connectivity index (χ0) is 21.7. The van der Waals surface area contributed by atoms with E-state index in [0.717, 1.165) is 16.5 Å². The number of carbonyl (C=O) groups excluding carboxylic acids is 2. The Morgan fingerprint density at radius 2 is 1.67 bits per heavy atom. The molecule has 0 bridgehead atoms. The van der Waals surface area contributed by atoms with Crippen LogP contribution in [0.4, 0.5) is 5.69 Å². The number of hydrogen-bond donors (Lipinski definition) is 1. The van der Waals surface area contributed by atoms with E-state index >= 15 is 0 Å². The van der Waals surface area contributed by atoms with Gasteiger partial charge in [-0.15, -0.1) is 10.2 Å². The normalized spacial score (nSPS) is 11.3. The maximum absolute atomic E-state index is 12.6. The molecule has 156 valence electrons. The third kappa shape index (κ3) is 5.57. The van der Waals surface area contributed by atoms with Crippen molar-refractivity contribution in [3.8, 4) is 0 Å². The fraction of sp³-hybridized carbons (Fsp3) is 0.304. The first kappa shape index (κ1) is 21.8. The zero-order valence-electron chi connectivity index (χ0n) is 17.7. The van der Waals surface area contributed by atoms with Crippen molar-refractivity contribution in [2.24, 2.45) is 5.41 Å². The average Bonchev–Trinajstić information content (AvgIpc) is 3.06. The van der Waals surface area contributed by atoms with E-state index in [0.29, 0.717) is 17.8 Å². The second kappa shape index (κ2) is 9.26. The van der Waals surface area contributed by atoms with Gasteiger partial charge in [-0.1, -0.05) is 62.9 Å². The van der Waals surface area contributed by atoms with Gasteiger partial charge in [0, 0.05) is 16.7 Å². The first-order valence-electron chi connectivity index (χ1n) is 9.75. The van der Waals surface area contributed by atoms with Crippen molar-refractivity contribution >= 4 is 29.1 Å². The number of benzene rings is 2. The van der Waals surface area contributed by atoms with E-state index in [4.69, 9.17) is 0 Å². The van der Waals surface area contributed by atoms with Gasteiger partial charge in [-0.2, -0.15) is 0 Å². The molecule has 0 atom stereocenters. The number of ketones is 1. The lowest BCUT2D eigenvalue weighted by atomic mass is 9.95. The van der Waals surface area contributed by atoms with E-state index in [2.05, 4.69) is 27.6 Å². The van der Waals surface area contributed by atoms with Gasteiger partial charge in [0.05, 0.1) is 12.3 Å². The fourth-order valence-corrected chi connectivity index (χ4v) is 3.57. The van der Waals surface area contributed by atoms with E-state index in [1.807, 2.05) is 50.5 Å². The Morgan fingerprint density at radius 1 is 1.00 bits per heavy atom. The van der Waals surface area contributed by atoms with Crippen molar-refractivity contribution in [3.05, 3.63) is 71.5 Å². The highest BCUT2D eigenvalue weighted by atomic mass is 32.2. The topological polar surface area (TPSA) is 76.9 Å². The van der Waals surface area contributed by atoms with Gasteiger partial charge < -0.3 is 9.88 Å². The Labute approximate surface area is 181 Å². The van der Waals surface area contributed by atoms with Gasteiger partial charge in [0.1, 0.15) is 5.82 Å². The number of hydrogen-bond acceptors (Lipinski definition) is 5. The lowest BCUT2D eigenvalue weighted by Gasteiger charge is -2.17. The van der Waals surface area contributed by atoms with Gasteiger partial charge in [0.2, 0.25) is 5.91 Å². The summed E-state index contributed by atoms with van der Waals surface area (Å²) in [7, 11) is 0. The van der Waals surface area contributed by atoms with Crippen LogP contribution < -0.4 is 5.32 Å². The molecule has 0 aliphatic rings. The first-order valence-corrected chi connectivity index (χ1v) is 10.7. The molecule has 3 aromatic rings. The van der Waals surface area contributed by atoms with Crippen LogP contribution >= 0.6 is 11.8 Å². The third-order valence-electron chi connectivity index (χ3n) is 4.56. The molecule has 2 aromatic carbocycles. The number of nitrogens with zero attached hydrogens (tertiary/aromatic N) is 3. The van der Waals surface area contributed by atoms with Crippen LogP contribution in [0.15, 0.2) is 59.8 Å². The highest BCUT2D eigenvalue weighted by molar-refractivity contribution is 7.99. The van der Waals surface area contributed by atoms with Gasteiger partial charge in [-0.25, -0.2) is 0 Å². The second-order valence-corrected chi connectivity index (χ2v) is 9.04. The Morgan fingerprint density at radius 3 is 2.30 bits per heavy atom. The molecule has 0 radical (unpaired) electrons. The number of rotatable bonds is 7. The quantitative estimate of drug-likeness (QED) is 0.445. The van der Waals surface area contributed by atoms with E-state index in [9.17, 15) is 9.59 Å². The summed E-state index contributed by atoms with van der Waals surface area (Å²) in [6.45, 7) is 8.14. The van der Waals surface area contributed by atoms with Crippen LogP contribution in [0.25, 0.3) is 0 Å². The molecule has 1 N–H and O–H groups in total. The highest BCUT2D eigenvalue weighted by Crippen LogP contribution is 2.21. The minimum absolute atomic E-state index is 0.000567. The third-order valence-corrected chi connectivity index (χ3v) is 5.53. The van der Waals surface area contributed by atoms with Crippen LogP contribution in [0, 0.1) is 12.3 Å². The van der Waals surface area contributed by atoms with Crippen molar-refractivity contribution < 1.29 is 9.59 Å². The summed E-state index contributed by atoms with van der Waals surface area (Å²) in [5, 5.41) is 12.0. The number of amides is 1. The lowest BCUT2D eigenvalue weighted by molar-refractivity contribution is -0.123. The molecule has 0 saturated heterocycles. The van der Waals surface area contributed by atoms with Crippen LogP contribution in [-0.4, -0.2) is 32.2 Å². The molecule has 0 aliphatic carbocycles. The molecular formula is C23H26N4O2S. The number of thioether (sulfide) groups is 1. The molecule has 1 aromatic heterocycles. The van der Waals surface area contributed by atoms with E-state index in [1.165, 1.54) is 11.8 Å². The molecule has 0 unspecified atom stereocenters. The molecule has 0 aliphatic heterocycles. The average molecular weight is 423 g/mol. The Hall–Kier alpha value is -2.93. The molecule has 3 rings (SSSR count). The van der Waals surface area contributed by atoms with Gasteiger partial charge in [0.25, 0.3) is 0 Å².